The lowest BCUT2D eigenvalue weighted by molar-refractivity contribution is -0.310. The molecule has 3 aliphatic rings. The van der Waals surface area contributed by atoms with E-state index in [4.69, 9.17) is 24.7 Å². The minimum atomic E-state index is -1.53. The van der Waals surface area contributed by atoms with Crippen LogP contribution in [0.5, 0.6) is 0 Å². The average molecular weight is 794 g/mol. The minimum absolute atomic E-state index is 0.0258. The normalized spacial score (nSPS) is 35.7. The van der Waals surface area contributed by atoms with Gasteiger partial charge in [0.2, 0.25) is 5.91 Å². The molecule has 0 bridgehead atoms. The second-order valence-electron chi connectivity index (χ2n) is 17.0. The van der Waals surface area contributed by atoms with Crippen LogP contribution in [0.15, 0.2) is 107 Å². The maximum atomic E-state index is 13.3. The highest BCUT2D eigenvalue weighted by atomic mass is 16.7. The molecule has 57 heavy (non-hydrogen) atoms. The van der Waals surface area contributed by atoms with Crippen LogP contribution in [0.4, 0.5) is 0 Å². The molecule has 0 spiro atoms. The van der Waals surface area contributed by atoms with Gasteiger partial charge in [-0.1, -0.05) is 116 Å². The van der Waals surface area contributed by atoms with E-state index in [1.165, 1.54) is 0 Å². The Morgan fingerprint density at radius 1 is 0.965 bits per heavy atom. The number of allylic oxidation sites excluding steroid dienone is 14. The number of likely N-dealkylation sites (N-methyl/N-ethyl adjacent to an activating group) is 1. The average Bonchev–Trinajstić information content (AvgIpc) is 3.09. The van der Waals surface area contributed by atoms with Gasteiger partial charge in [-0.2, -0.15) is 0 Å². The number of nitrogens with zero attached hydrogens (tertiary/aromatic N) is 1. The number of nitrogens with one attached hydrogen (secondary N) is 1. The van der Waals surface area contributed by atoms with E-state index in [0.717, 1.165) is 22.3 Å². The summed E-state index contributed by atoms with van der Waals surface area (Å²) in [6.07, 6.45) is 22.7. The molecule has 11 nitrogen and oxygen atoms in total. The Morgan fingerprint density at radius 2 is 1.65 bits per heavy atom. The van der Waals surface area contributed by atoms with Gasteiger partial charge in [-0.3, -0.25) is 4.79 Å². The molecule has 11 heteroatoms. The van der Waals surface area contributed by atoms with Gasteiger partial charge in [-0.05, 0) is 81.3 Å². The fraction of sp³-hybridized carbons (Fsp3) is 0.587. The summed E-state index contributed by atoms with van der Waals surface area (Å²) in [6, 6.07) is -1.28. The first-order valence-corrected chi connectivity index (χ1v) is 20.2. The zero-order chi connectivity index (χ0) is 42.5. The third-order valence-corrected chi connectivity index (χ3v) is 10.3. The second-order valence-corrected chi connectivity index (χ2v) is 17.0. The standard InChI is InChI=1S/C46H71N3O8/c1-30(2)26-36-27-33(5)19-13-12-16-25-45(8,52)38(22-15-14-18-31(3)20-17-21-32(4)23-24-34(6)48-43(36)51)57-44-40(47)41(50)37(29-54-44)56-39-28-46(9,53)42(49(10)11)35(7)55-39/h12-23,25,27,30,34-35,37-42,44,50,52-53H,24,26,28-29,47H2,1-11H3,(H,48,51). The van der Waals surface area contributed by atoms with Gasteiger partial charge in [-0.25, -0.2) is 0 Å². The van der Waals surface area contributed by atoms with Crippen LogP contribution in [-0.4, -0.2) is 113 Å². The summed E-state index contributed by atoms with van der Waals surface area (Å²) in [5, 5.41) is 37.4. The lowest BCUT2D eigenvalue weighted by Crippen LogP contribution is -2.63. The number of nitrogens with two attached hydrogens (primary N) is 1. The van der Waals surface area contributed by atoms with E-state index in [2.05, 4.69) is 25.2 Å². The van der Waals surface area contributed by atoms with Crippen molar-refractivity contribution in [1.29, 1.82) is 0 Å². The highest BCUT2D eigenvalue weighted by Crippen LogP contribution is 2.34. The van der Waals surface area contributed by atoms with Crippen LogP contribution in [-0.2, 0) is 23.7 Å². The molecule has 3 heterocycles. The Morgan fingerprint density at radius 3 is 2.32 bits per heavy atom. The summed E-state index contributed by atoms with van der Waals surface area (Å²) < 4.78 is 24.6. The van der Waals surface area contributed by atoms with Crippen LogP contribution >= 0.6 is 0 Å². The predicted octanol–water partition coefficient (Wildman–Crippen LogP) is 5.87. The van der Waals surface area contributed by atoms with Gasteiger partial charge >= 0.3 is 0 Å². The van der Waals surface area contributed by atoms with Gasteiger partial charge in [-0.15, -0.1) is 0 Å². The molecule has 11 unspecified atom stereocenters. The zero-order valence-corrected chi connectivity index (χ0v) is 36.1. The summed E-state index contributed by atoms with van der Waals surface area (Å²) in [7, 11) is 3.79. The van der Waals surface area contributed by atoms with Crippen LogP contribution in [0.1, 0.15) is 81.6 Å². The smallest absolute Gasteiger partial charge is 0.247 e. The van der Waals surface area contributed by atoms with E-state index in [1.54, 1.807) is 44.2 Å². The molecule has 3 aliphatic heterocycles. The number of carbonyl (C=O) groups excluding carboxylic acids is 1. The number of hydrogen-bond acceptors (Lipinski definition) is 10. The Hall–Kier alpha value is -3.23. The molecule has 3 rings (SSSR count). The summed E-state index contributed by atoms with van der Waals surface area (Å²) in [5.74, 6) is 0.240. The number of ether oxygens (including phenoxy) is 4. The number of carbonyl (C=O) groups is 1. The van der Waals surface area contributed by atoms with Crippen molar-refractivity contribution in [3.05, 3.63) is 107 Å². The Kier molecular flexibility index (Phi) is 18.8. The SMILES string of the molecule is CC1=CC=CC(C)=CCC(C)NC(=O)C(CC(C)C)=CC(C)=CC=CC=CC(C)(O)C(OC2OCC(OC3CC(C)(O)C(N(C)C)C(C)O3)C(O)C2N)C=CC=C1. The highest BCUT2D eigenvalue weighted by Gasteiger charge is 2.48. The first kappa shape index (κ1) is 48.1. The predicted molar refractivity (Wildman–Crippen MR) is 228 cm³/mol. The van der Waals surface area contributed by atoms with E-state index in [1.807, 2.05) is 102 Å². The van der Waals surface area contributed by atoms with Crippen molar-refractivity contribution < 1.29 is 39.1 Å². The molecular weight excluding hydrogens is 723 g/mol. The van der Waals surface area contributed by atoms with Crippen LogP contribution in [0.25, 0.3) is 0 Å². The molecule has 1 amide bonds. The summed E-state index contributed by atoms with van der Waals surface area (Å²) in [4.78, 5) is 15.2. The molecule has 0 aromatic carbocycles. The van der Waals surface area contributed by atoms with Crippen molar-refractivity contribution >= 4 is 5.91 Å². The van der Waals surface area contributed by atoms with Gasteiger partial charge in [0.25, 0.3) is 0 Å². The molecule has 2 fully saturated rings. The number of hydrogen-bond donors (Lipinski definition) is 5. The number of aliphatic hydroxyl groups excluding tert-OH is 1. The van der Waals surface area contributed by atoms with Crippen LogP contribution in [0.3, 0.4) is 0 Å². The summed E-state index contributed by atoms with van der Waals surface area (Å²) in [5.41, 5.74) is 7.63. The molecule has 6 N–H and O–H groups in total. The van der Waals surface area contributed by atoms with E-state index in [9.17, 15) is 20.1 Å². The maximum Gasteiger partial charge on any atom is 0.247 e. The molecule has 0 aliphatic carbocycles. The highest BCUT2D eigenvalue weighted by molar-refractivity contribution is 5.94. The first-order chi connectivity index (χ1) is 26.7. The number of aliphatic hydroxyl groups is 3. The quantitative estimate of drug-likeness (QED) is 0.212. The van der Waals surface area contributed by atoms with Gasteiger partial charge in [0.05, 0.1) is 30.4 Å². The zero-order valence-electron chi connectivity index (χ0n) is 36.1. The monoisotopic (exact) mass is 794 g/mol. The molecule has 0 radical (unpaired) electrons. The van der Waals surface area contributed by atoms with Crippen LogP contribution in [0.2, 0.25) is 0 Å². The number of rotatable bonds is 7. The van der Waals surface area contributed by atoms with Crippen molar-refractivity contribution in [1.82, 2.24) is 10.2 Å². The molecule has 2 saturated heterocycles. The molecular formula is C46H71N3O8. The van der Waals surface area contributed by atoms with Gasteiger partial charge in [0, 0.05) is 18.0 Å². The van der Waals surface area contributed by atoms with E-state index in [-0.39, 0.29) is 37.1 Å². The first-order valence-electron chi connectivity index (χ1n) is 20.2. The van der Waals surface area contributed by atoms with Gasteiger partial charge in [0.15, 0.2) is 12.6 Å². The summed E-state index contributed by atoms with van der Waals surface area (Å²) in [6.45, 7) is 17.4. The van der Waals surface area contributed by atoms with E-state index < -0.39 is 48.1 Å². The van der Waals surface area contributed by atoms with Crippen molar-refractivity contribution in [3.8, 4) is 0 Å². The second kappa shape index (κ2) is 22.2. The largest absolute Gasteiger partial charge is 0.388 e. The molecule has 318 valence electrons. The molecule has 0 aromatic heterocycles. The fourth-order valence-electron chi connectivity index (χ4n) is 7.34. The lowest BCUT2D eigenvalue weighted by Gasteiger charge is -2.48. The minimum Gasteiger partial charge on any atom is -0.388 e. The molecule has 0 saturated carbocycles. The van der Waals surface area contributed by atoms with Crippen molar-refractivity contribution in [2.24, 2.45) is 11.7 Å². The van der Waals surface area contributed by atoms with Crippen LogP contribution < -0.4 is 11.1 Å². The van der Waals surface area contributed by atoms with Gasteiger partial charge in [0.1, 0.15) is 23.9 Å². The van der Waals surface area contributed by atoms with Crippen molar-refractivity contribution in [2.75, 3.05) is 20.7 Å². The number of amides is 1. The Labute approximate surface area is 342 Å². The van der Waals surface area contributed by atoms with Gasteiger partial charge < -0.3 is 50.2 Å². The Bertz CT molecular complexity index is 1600. The molecule has 11 atom stereocenters. The lowest BCUT2D eigenvalue weighted by atomic mass is 9.85. The van der Waals surface area contributed by atoms with Crippen LogP contribution in [0, 0.1) is 5.92 Å². The maximum absolute atomic E-state index is 13.3. The Balaban J connectivity index is 1.86. The fourth-order valence-corrected chi connectivity index (χ4v) is 7.34. The third kappa shape index (κ3) is 15.5. The topological polar surface area (TPSA) is 156 Å². The third-order valence-electron chi connectivity index (χ3n) is 10.3. The van der Waals surface area contributed by atoms with Crippen molar-refractivity contribution in [2.45, 2.75) is 148 Å². The summed E-state index contributed by atoms with van der Waals surface area (Å²) >= 11 is 0. The molecule has 0 aromatic rings. The van der Waals surface area contributed by atoms with E-state index >= 15 is 0 Å². The van der Waals surface area contributed by atoms with E-state index in [0.29, 0.717) is 18.8 Å². The van der Waals surface area contributed by atoms with Crippen molar-refractivity contribution in [3.63, 3.8) is 0 Å².